The van der Waals surface area contributed by atoms with Gasteiger partial charge in [-0.1, -0.05) is 97.1 Å². The van der Waals surface area contributed by atoms with E-state index in [-0.39, 0.29) is 11.5 Å². The Morgan fingerprint density at radius 3 is 1.57 bits per heavy atom. The second-order valence-corrected chi connectivity index (χ2v) is 15.0. The van der Waals surface area contributed by atoms with E-state index in [1.165, 1.54) is 18.2 Å². The van der Waals surface area contributed by atoms with E-state index in [0.717, 1.165) is 10.6 Å². The first kappa shape index (κ1) is 30.7. The van der Waals surface area contributed by atoms with Crippen LogP contribution >= 0.6 is 14.8 Å². The second-order valence-electron chi connectivity index (χ2n) is 9.94. The maximum Gasteiger partial charge on any atom is 0.562 e. The third-order valence-corrected chi connectivity index (χ3v) is 12.8. The van der Waals surface area contributed by atoms with Crippen molar-refractivity contribution < 1.29 is 23.8 Å². The smallest absolute Gasteiger partial charge is 0.508 e. The summed E-state index contributed by atoms with van der Waals surface area (Å²) in [5.74, 6) is 0.647. The molecular weight excluding hydrogens is 592 g/mol. The summed E-state index contributed by atoms with van der Waals surface area (Å²) >= 11 is 0. The van der Waals surface area contributed by atoms with Gasteiger partial charge in [-0.15, -0.1) is 0 Å². The molecule has 10 heteroatoms. The fourth-order valence-electron chi connectivity index (χ4n) is 4.58. The number of nitrogens with zero attached hydrogens (tertiary/aromatic N) is 3. The molecule has 0 radical (unpaired) electrons. The molecule has 5 rings (SSSR count). The number of aromatic hydroxyl groups is 2. The first-order valence-corrected chi connectivity index (χ1v) is 17.4. The molecule has 0 heterocycles. The highest BCUT2D eigenvalue weighted by molar-refractivity contribution is 7.84. The van der Waals surface area contributed by atoms with Gasteiger partial charge < -0.3 is 19.3 Å². The molecule has 0 aliphatic carbocycles. The zero-order valence-electron chi connectivity index (χ0n) is 24.1. The predicted molar refractivity (Wildman–Crippen MR) is 178 cm³/mol. The second kappa shape index (κ2) is 14.1. The van der Waals surface area contributed by atoms with E-state index in [2.05, 4.69) is 5.10 Å². The maximum atomic E-state index is 14.9. The predicted octanol–water partition coefficient (Wildman–Crippen LogP) is 7.48. The Kier molecular flexibility index (Phi) is 9.86. The Hall–Kier alpha value is -4.77. The summed E-state index contributed by atoms with van der Waals surface area (Å²) in [6, 6.07) is 41.7. The molecule has 5 aromatic carbocycles. The van der Waals surface area contributed by atoms with Crippen LogP contribution in [0.15, 0.2) is 149 Å². The minimum absolute atomic E-state index is 0.0569. The zero-order valence-corrected chi connectivity index (χ0v) is 25.9. The van der Waals surface area contributed by atoms with E-state index in [1.807, 2.05) is 79.8 Å². The van der Waals surface area contributed by atoms with Gasteiger partial charge in [-0.2, -0.15) is 9.62 Å². The minimum atomic E-state index is -4.19. The largest absolute Gasteiger partial charge is 0.562 e. The summed E-state index contributed by atoms with van der Waals surface area (Å²) in [6.07, 6.45) is 2.02. The molecule has 0 fully saturated rings. The lowest BCUT2D eigenvalue weighted by Gasteiger charge is -2.29. The van der Waals surface area contributed by atoms with Gasteiger partial charge in [-0.05, 0) is 47.0 Å². The minimum Gasteiger partial charge on any atom is -0.508 e. The molecule has 0 amide bonds. The fourth-order valence-corrected chi connectivity index (χ4v) is 11.1. The highest BCUT2D eigenvalue weighted by Gasteiger charge is 2.36. The molecule has 5 aromatic rings. The first-order chi connectivity index (χ1) is 21.3. The average molecular weight is 626 g/mol. The van der Waals surface area contributed by atoms with Crippen molar-refractivity contribution in [3.63, 3.8) is 0 Å². The van der Waals surface area contributed by atoms with Gasteiger partial charge >= 0.3 is 7.75 Å². The van der Waals surface area contributed by atoms with Gasteiger partial charge in [0.2, 0.25) is 0 Å². The van der Waals surface area contributed by atoms with Crippen molar-refractivity contribution in [1.82, 2.24) is 5.01 Å². The third-order valence-electron chi connectivity index (χ3n) is 6.63. The summed E-state index contributed by atoms with van der Waals surface area (Å²) in [5.41, 5.74) is 0.545. The molecular formula is C34H33N3O5P2. The topological polar surface area (TPSA) is 104 Å². The number of hydrazone groups is 1. The molecule has 8 nitrogen and oxygen atoms in total. The van der Waals surface area contributed by atoms with E-state index >= 15 is 0 Å². The number of rotatable bonds is 12. The van der Waals surface area contributed by atoms with E-state index in [1.54, 1.807) is 59.8 Å². The third kappa shape index (κ3) is 7.99. The van der Waals surface area contributed by atoms with Gasteiger partial charge in [0.05, 0.1) is 6.21 Å². The van der Waals surface area contributed by atoms with Crippen LogP contribution in [0.2, 0.25) is 0 Å². The number of hydrogen-bond donors (Lipinski definition) is 2. The number of para-hydroxylation sites is 2. The highest BCUT2D eigenvalue weighted by atomic mass is 31.2. The van der Waals surface area contributed by atoms with Crippen LogP contribution in [0.4, 0.5) is 0 Å². The van der Waals surface area contributed by atoms with Crippen LogP contribution in [-0.4, -0.2) is 41.2 Å². The molecule has 0 spiro atoms. The Morgan fingerprint density at radius 1 is 0.682 bits per heavy atom. The quantitative estimate of drug-likeness (QED) is 0.0847. The molecule has 0 atom stereocenters. The van der Waals surface area contributed by atoms with E-state index in [4.69, 9.17) is 13.6 Å². The number of phenols is 2. The molecule has 0 aromatic heterocycles. The number of benzene rings is 5. The number of phenolic OH excluding ortho intramolecular Hbond substituents is 2. The van der Waals surface area contributed by atoms with E-state index in [9.17, 15) is 14.8 Å². The monoisotopic (exact) mass is 625 g/mol. The number of hydrogen-bond acceptors (Lipinski definition) is 7. The molecule has 2 N–H and O–H groups in total. The molecule has 0 saturated heterocycles. The summed E-state index contributed by atoms with van der Waals surface area (Å²) in [4.78, 5) is 0. The lowest BCUT2D eigenvalue weighted by molar-refractivity contribution is 0.379. The fraction of sp³-hybridized carbons (Fsp3) is 0.0882. The van der Waals surface area contributed by atoms with Crippen LogP contribution in [0.3, 0.4) is 0 Å². The van der Waals surface area contributed by atoms with Crippen molar-refractivity contribution >= 4 is 31.6 Å². The molecule has 0 saturated carbocycles. The van der Waals surface area contributed by atoms with Crippen molar-refractivity contribution in [2.24, 2.45) is 9.62 Å². The first-order valence-electron chi connectivity index (χ1n) is 14.0. The van der Waals surface area contributed by atoms with Crippen LogP contribution in [0.25, 0.3) is 0 Å². The van der Waals surface area contributed by atoms with Crippen molar-refractivity contribution in [1.29, 1.82) is 0 Å². The van der Waals surface area contributed by atoms with Crippen molar-refractivity contribution in [3.05, 3.63) is 145 Å². The van der Waals surface area contributed by atoms with Crippen LogP contribution in [0.5, 0.6) is 23.0 Å². The van der Waals surface area contributed by atoms with Gasteiger partial charge in [-0.25, -0.2) is 4.57 Å². The van der Waals surface area contributed by atoms with Crippen molar-refractivity contribution in [2.75, 3.05) is 19.8 Å². The molecule has 44 heavy (non-hydrogen) atoms. The van der Waals surface area contributed by atoms with Crippen LogP contribution in [0.1, 0.15) is 5.56 Å². The summed E-state index contributed by atoms with van der Waals surface area (Å²) in [6.45, 7) is 0.430. The van der Waals surface area contributed by atoms with Crippen molar-refractivity contribution in [3.8, 4) is 23.0 Å². The molecule has 224 valence electrons. The zero-order chi connectivity index (χ0) is 30.8. The maximum absolute atomic E-state index is 14.9. The van der Waals surface area contributed by atoms with Crippen LogP contribution in [0, 0.1) is 0 Å². The Labute approximate surface area is 257 Å². The standard InChI is InChI=1S/C34H33N3O5P2/c1-37(35-27-28-24-29(38)26-30(39)25-28)22-23-43(33-18-10-4-11-19-33,34-20-12-5-13-21-34)36-44(40,41-31-14-6-2-7-15-31)42-32-16-8-3-9-17-32/h2-21,24-27,38-39H,22-23H2,1H3/b35-27+. The van der Waals surface area contributed by atoms with Gasteiger partial charge in [0, 0.05) is 38.4 Å². The average Bonchev–Trinajstić information content (AvgIpc) is 3.03. The van der Waals surface area contributed by atoms with Gasteiger partial charge in [0.25, 0.3) is 0 Å². The Bertz CT molecular complexity index is 1680. The van der Waals surface area contributed by atoms with Gasteiger partial charge in [-0.3, -0.25) is 5.01 Å². The highest BCUT2D eigenvalue weighted by Crippen LogP contribution is 2.61. The molecule has 0 unspecified atom stereocenters. The Morgan fingerprint density at radius 2 is 1.11 bits per heavy atom. The van der Waals surface area contributed by atoms with Gasteiger partial charge in [0.1, 0.15) is 23.0 Å². The SMILES string of the molecule is CN(CCP(=NP(=O)(Oc1ccccc1)Oc1ccccc1)(c1ccccc1)c1ccccc1)/N=C/c1cc(O)cc(O)c1. The van der Waals surface area contributed by atoms with E-state index < -0.39 is 14.8 Å². The Balaban J connectivity index is 1.62. The molecule has 0 bridgehead atoms. The van der Waals surface area contributed by atoms with Crippen LogP contribution in [-0.2, 0) is 4.57 Å². The summed E-state index contributed by atoms with van der Waals surface area (Å²) < 4.78 is 32.3. The lowest BCUT2D eigenvalue weighted by atomic mass is 10.2. The summed E-state index contributed by atoms with van der Waals surface area (Å²) in [5, 5.41) is 27.8. The lowest BCUT2D eigenvalue weighted by Crippen LogP contribution is -2.25. The van der Waals surface area contributed by atoms with E-state index in [0.29, 0.717) is 29.8 Å². The van der Waals surface area contributed by atoms with Gasteiger partial charge in [0.15, 0.2) is 0 Å². The van der Waals surface area contributed by atoms with Crippen LogP contribution < -0.4 is 19.7 Å². The summed E-state index contributed by atoms with van der Waals surface area (Å²) in [7, 11) is -5.21. The molecule has 0 aliphatic rings. The van der Waals surface area contributed by atoms with Crippen molar-refractivity contribution in [2.45, 2.75) is 0 Å². The normalized spacial score (nSPS) is 11.7. The molecule has 0 aliphatic heterocycles.